The number of nitrogens with zero attached hydrogens (tertiary/aromatic N) is 2. The van der Waals surface area contributed by atoms with E-state index in [4.69, 9.17) is 4.74 Å². The van der Waals surface area contributed by atoms with Gasteiger partial charge in [0.2, 0.25) is 0 Å². The number of esters is 1. The molecule has 0 aliphatic heterocycles. The first-order valence-corrected chi connectivity index (χ1v) is 7.58. The maximum Gasteiger partial charge on any atom is 0.319 e. The molecule has 0 amide bonds. The molecule has 1 aromatic carbocycles. The molecule has 0 aliphatic carbocycles. The topological polar surface area (TPSA) is 63.0 Å². The van der Waals surface area contributed by atoms with Crippen molar-refractivity contribution in [3.8, 4) is 6.07 Å². The molecule has 0 saturated carbocycles. The fraction of sp³-hybridized carbons (Fsp3) is 0.312. The lowest BCUT2D eigenvalue weighted by Gasteiger charge is -2.11. The number of pyridine rings is 1. The second-order valence-corrected chi connectivity index (χ2v) is 5.94. The van der Waals surface area contributed by atoms with Crippen molar-refractivity contribution in [2.45, 2.75) is 31.0 Å². The summed E-state index contributed by atoms with van der Waals surface area (Å²) in [4.78, 5) is 16.3. The Balaban J connectivity index is 2.41. The molecule has 2 aromatic rings. The predicted octanol–water partition coefficient (Wildman–Crippen LogP) is 3.46. The molecule has 0 saturated heterocycles. The summed E-state index contributed by atoms with van der Waals surface area (Å²) in [5.41, 5.74) is 2.38. The molecule has 1 heterocycles. The highest BCUT2D eigenvalue weighted by molar-refractivity contribution is 8.00. The normalized spacial score (nSPS) is 11.9. The van der Waals surface area contributed by atoms with Crippen molar-refractivity contribution in [1.29, 1.82) is 5.26 Å². The van der Waals surface area contributed by atoms with Crippen molar-refractivity contribution in [2.75, 3.05) is 6.61 Å². The standard InChI is InChI=1S/C16H16N2O2S/c1-4-20-16(19)11(3)21-15-13(9-17)8-12-7-5-6-10(2)14(12)18-15/h5-8,11H,4H2,1-3H3. The van der Waals surface area contributed by atoms with Crippen LogP contribution < -0.4 is 0 Å². The van der Waals surface area contributed by atoms with Crippen LogP contribution in [0.2, 0.25) is 0 Å². The minimum atomic E-state index is -0.397. The maximum atomic E-state index is 11.7. The Morgan fingerprint density at radius 3 is 2.95 bits per heavy atom. The molecule has 0 fully saturated rings. The largest absolute Gasteiger partial charge is 0.465 e. The fourth-order valence-corrected chi connectivity index (χ4v) is 2.85. The Morgan fingerprint density at radius 2 is 2.29 bits per heavy atom. The Kier molecular flexibility index (Phi) is 4.81. The number of aromatic nitrogens is 1. The summed E-state index contributed by atoms with van der Waals surface area (Å²) in [7, 11) is 0. The number of nitriles is 1. The highest BCUT2D eigenvalue weighted by atomic mass is 32.2. The minimum Gasteiger partial charge on any atom is -0.465 e. The van der Waals surface area contributed by atoms with Gasteiger partial charge in [-0.15, -0.1) is 0 Å². The summed E-state index contributed by atoms with van der Waals surface area (Å²) in [5, 5.41) is 10.4. The van der Waals surface area contributed by atoms with E-state index in [9.17, 15) is 10.1 Å². The number of hydrogen-bond donors (Lipinski definition) is 0. The number of carbonyl (C=O) groups is 1. The fourth-order valence-electron chi connectivity index (χ4n) is 1.97. The molecule has 2 rings (SSSR count). The molecule has 0 spiro atoms. The number of fused-ring (bicyclic) bond motifs is 1. The van der Waals surface area contributed by atoms with Gasteiger partial charge in [-0.25, -0.2) is 4.98 Å². The molecular formula is C16H16N2O2S. The summed E-state index contributed by atoms with van der Waals surface area (Å²) < 4.78 is 4.99. The zero-order chi connectivity index (χ0) is 15.4. The second kappa shape index (κ2) is 6.59. The maximum absolute atomic E-state index is 11.7. The number of rotatable bonds is 4. The van der Waals surface area contributed by atoms with Crippen molar-refractivity contribution in [2.24, 2.45) is 0 Å². The van der Waals surface area contributed by atoms with Crippen LogP contribution in [0.25, 0.3) is 10.9 Å². The van der Waals surface area contributed by atoms with E-state index in [1.807, 2.05) is 31.2 Å². The van der Waals surface area contributed by atoms with Crippen molar-refractivity contribution < 1.29 is 9.53 Å². The molecule has 1 atom stereocenters. The summed E-state index contributed by atoms with van der Waals surface area (Å²) in [6.07, 6.45) is 0. The number of aryl methyl sites for hydroxylation is 1. The molecule has 21 heavy (non-hydrogen) atoms. The van der Waals surface area contributed by atoms with Crippen LogP contribution in [0.15, 0.2) is 29.3 Å². The third-order valence-corrected chi connectivity index (χ3v) is 4.12. The molecule has 4 nitrogen and oxygen atoms in total. The Bertz CT molecular complexity index is 722. The quantitative estimate of drug-likeness (QED) is 0.639. The highest BCUT2D eigenvalue weighted by Crippen LogP contribution is 2.29. The Labute approximate surface area is 128 Å². The molecule has 0 aliphatic rings. The number of thioether (sulfide) groups is 1. The average molecular weight is 300 g/mol. The van der Waals surface area contributed by atoms with Gasteiger partial charge in [0.05, 0.1) is 17.7 Å². The lowest BCUT2D eigenvalue weighted by molar-refractivity contribution is -0.142. The Morgan fingerprint density at radius 1 is 1.52 bits per heavy atom. The Hall–Kier alpha value is -2.06. The van der Waals surface area contributed by atoms with E-state index in [0.717, 1.165) is 16.5 Å². The number of hydrogen-bond acceptors (Lipinski definition) is 5. The van der Waals surface area contributed by atoms with Gasteiger partial charge in [-0.1, -0.05) is 30.0 Å². The first-order chi connectivity index (χ1) is 10.1. The van der Waals surface area contributed by atoms with E-state index in [1.165, 1.54) is 11.8 Å². The summed E-state index contributed by atoms with van der Waals surface area (Å²) in [6.45, 7) is 5.85. The van der Waals surface area contributed by atoms with Crippen LogP contribution in [-0.4, -0.2) is 22.8 Å². The molecule has 1 aromatic heterocycles. The van der Waals surface area contributed by atoms with Crippen LogP contribution in [0, 0.1) is 18.3 Å². The van der Waals surface area contributed by atoms with Gasteiger partial charge in [0.15, 0.2) is 0 Å². The minimum absolute atomic E-state index is 0.293. The third kappa shape index (κ3) is 3.34. The first-order valence-electron chi connectivity index (χ1n) is 6.70. The molecule has 0 radical (unpaired) electrons. The van der Waals surface area contributed by atoms with E-state index in [2.05, 4.69) is 11.1 Å². The van der Waals surface area contributed by atoms with Crippen molar-refractivity contribution in [3.05, 3.63) is 35.4 Å². The predicted molar refractivity (Wildman–Crippen MR) is 83.1 cm³/mol. The zero-order valence-electron chi connectivity index (χ0n) is 12.2. The number of para-hydroxylation sites is 1. The van der Waals surface area contributed by atoms with Gasteiger partial charge in [-0.05, 0) is 32.4 Å². The third-order valence-electron chi connectivity index (χ3n) is 3.04. The van der Waals surface area contributed by atoms with Crippen molar-refractivity contribution in [3.63, 3.8) is 0 Å². The lowest BCUT2D eigenvalue weighted by atomic mass is 10.1. The number of benzene rings is 1. The van der Waals surface area contributed by atoms with E-state index in [0.29, 0.717) is 17.2 Å². The van der Waals surface area contributed by atoms with Gasteiger partial charge in [0.25, 0.3) is 0 Å². The molecular weight excluding hydrogens is 284 g/mol. The van der Waals surface area contributed by atoms with Crippen LogP contribution >= 0.6 is 11.8 Å². The van der Waals surface area contributed by atoms with Gasteiger partial charge in [0.1, 0.15) is 16.3 Å². The van der Waals surface area contributed by atoms with Crippen LogP contribution in [0.1, 0.15) is 25.0 Å². The highest BCUT2D eigenvalue weighted by Gasteiger charge is 2.19. The summed E-state index contributed by atoms with van der Waals surface area (Å²) in [6, 6.07) is 9.81. The monoisotopic (exact) mass is 300 g/mol. The molecule has 108 valence electrons. The first kappa shape index (κ1) is 15.3. The van der Waals surface area contributed by atoms with Gasteiger partial charge in [0, 0.05) is 5.39 Å². The van der Waals surface area contributed by atoms with E-state index < -0.39 is 5.25 Å². The summed E-state index contributed by atoms with van der Waals surface area (Å²) in [5.74, 6) is -0.293. The molecule has 0 N–H and O–H groups in total. The van der Waals surface area contributed by atoms with Crippen molar-refractivity contribution >= 4 is 28.6 Å². The number of ether oxygens (including phenoxy) is 1. The van der Waals surface area contributed by atoms with Gasteiger partial charge < -0.3 is 4.74 Å². The molecule has 1 unspecified atom stereocenters. The number of carbonyl (C=O) groups excluding carboxylic acids is 1. The van der Waals surface area contributed by atoms with Crippen LogP contribution in [0.5, 0.6) is 0 Å². The van der Waals surface area contributed by atoms with E-state index in [1.54, 1.807) is 13.8 Å². The smallest absolute Gasteiger partial charge is 0.319 e. The van der Waals surface area contributed by atoms with E-state index in [-0.39, 0.29) is 5.97 Å². The lowest BCUT2D eigenvalue weighted by Crippen LogP contribution is -2.17. The van der Waals surface area contributed by atoms with Crippen LogP contribution in [-0.2, 0) is 9.53 Å². The van der Waals surface area contributed by atoms with Crippen molar-refractivity contribution in [1.82, 2.24) is 4.98 Å². The van der Waals surface area contributed by atoms with Gasteiger partial charge in [-0.3, -0.25) is 4.79 Å². The van der Waals surface area contributed by atoms with Crippen LogP contribution in [0.3, 0.4) is 0 Å². The van der Waals surface area contributed by atoms with Crippen LogP contribution in [0.4, 0.5) is 0 Å². The average Bonchev–Trinajstić information content (AvgIpc) is 2.47. The van der Waals surface area contributed by atoms with Gasteiger partial charge >= 0.3 is 5.97 Å². The SMILES string of the molecule is CCOC(=O)C(C)Sc1nc2c(C)cccc2cc1C#N. The molecule has 0 bridgehead atoms. The second-order valence-electron chi connectivity index (χ2n) is 4.61. The molecule has 5 heteroatoms. The summed E-state index contributed by atoms with van der Waals surface area (Å²) >= 11 is 1.26. The van der Waals surface area contributed by atoms with E-state index >= 15 is 0 Å². The van der Waals surface area contributed by atoms with Gasteiger partial charge in [-0.2, -0.15) is 5.26 Å². The zero-order valence-corrected chi connectivity index (χ0v) is 13.0.